The number of rotatable bonds is 1. The van der Waals surface area contributed by atoms with Gasteiger partial charge in [0.25, 0.3) is 0 Å². The number of fused-ring (bicyclic) bond motifs is 3. The van der Waals surface area contributed by atoms with Crippen LogP contribution in [-0.4, -0.2) is 19.0 Å². The Morgan fingerprint density at radius 2 is 1.50 bits per heavy atom. The van der Waals surface area contributed by atoms with Crippen molar-refractivity contribution in [1.82, 2.24) is 4.90 Å². The van der Waals surface area contributed by atoms with Gasteiger partial charge in [-0.2, -0.15) is 0 Å². The first-order valence-corrected chi connectivity index (χ1v) is 6.92. The molecule has 0 aromatic heterocycles. The molecular weight excluding hydrogens is 218 g/mol. The van der Waals surface area contributed by atoms with Gasteiger partial charge in [-0.1, -0.05) is 0 Å². The molecule has 0 saturated heterocycles. The Labute approximate surface area is 111 Å². The van der Waals surface area contributed by atoms with Gasteiger partial charge in [0.1, 0.15) is 0 Å². The summed E-state index contributed by atoms with van der Waals surface area (Å²) in [6.45, 7) is 9.14. The number of nitrogens with zero attached hydrogens (tertiary/aromatic N) is 1. The summed E-state index contributed by atoms with van der Waals surface area (Å²) < 4.78 is 0. The van der Waals surface area contributed by atoms with E-state index in [0.717, 1.165) is 11.8 Å². The van der Waals surface area contributed by atoms with Gasteiger partial charge < -0.3 is 4.90 Å². The molecule has 1 aromatic carbocycles. The summed E-state index contributed by atoms with van der Waals surface area (Å²) in [5, 5.41) is 0. The molecule has 0 amide bonds. The maximum absolute atomic E-state index is 2.44. The third-order valence-electron chi connectivity index (χ3n) is 5.14. The van der Waals surface area contributed by atoms with Gasteiger partial charge >= 0.3 is 0 Å². The zero-order chi connectivity index (χ0) is 13.2. The Bertz CT molecular complexity index is 564. The molecule has 2 unspecified atom stereocenters. The first-order valence-electron chi connectivity index (χ1n) is 6.92. The number of allylic oxidation sites excluding steroid dienone is 1. The lowest BCUT2D eigenvalue weighted by molar-refractivity contribution is 0.478. The predicted octanol–water partition coefficient (Wildman–Crippen LogP) is 3.94. The highest BCUT2D eigenvalue weighted by atomic mass is 15.1. The van der Waals surface area contributed by atoms with E-state index < -0.39 is 0 Å². The molecule has 96 valence electrons. The molecular formula is C17H23N. The van der Waals surface area contributed by atoms with Crippen LogP contribution in [0.25, 0.3) is 6.08 Å². The van der Waals surface area contributed by atoms with Crippen LogP contribution in [0.4, 0.5) is 0 Å². The lowest BCUT2D eigenvalue weighted by Crippen LogP contribution is -2.17. The van der Waals surface area contributed by atoms with Gasteiger partial charge in [-0.15, -0.1) is 0 Å². The monoisotopic (exact) mass is 241 g/mol. The van der Waals surface area contributed by atoms with Crippen LogP contribution in [-0.2, 0) is 0 Å². The molecule has 1 fully saturated rings. The summed E-state index contributed by atoms with van der Waals surface area (Å²) >= 11 is 0. The molecule has 0 aliphatic heterocycles. The number of benzene rings is 1. The Morgan fingerprint density at radius 3 is 2.11 bits per heavy atom. The van der Waals surface area contributed by atoms with Crippen molar-refractivity contribution in [2.75, 3.05) is 14.1 Å². The van der Waals surface area contributed by atoms with Crippen molar-refractivity contribution in [3.05, 3.63) is 39.1 Å². The minimum atomic E-state index is 0.785. The van der Waals surface area contributed by atoms with Gasteiger partial charge in [0, 0.05) is 25.7 Å². The molecule has 0 heterocycles. The summed E-state index contributed by atoms with van der Waals surface area (Å²) in [4.78, 5) is 2.30. The standard InChI is InChI=1S/C17H23N/c1-9-10(2)12(4)17-13(11(9)3)8-16(18(5)6)14-7-15(14)17/h8,14-15H,7H2,1-6H3. The molecule has 0 spiro atoms. The van der Waals surface area contributed by atoms with E-state index in [1.165, 1.54) is 39.9 Å². The zero-order valence-electron chi connectivity index (χ0n) is 12.4. The van der Waals surface area contributed by atoms with Crippen LogP contribution < -0.4 is 0 Å². The van der Waals surface area contributed by atoms with E-state index in [-0.39, 0.29) is 0 Å². The minimum absolute atomic E-state index is 0.785. The maximum atomic E-state index is 2.44. The lowest BCUT2D eigenvalue weighted by atomic mass is 9.83. The summed E-state index contributed by atoms with van der Waals surface area (Å²) in [5.41, 5.74) is 10.7. The fourth-order valence-corrected chi connectivity index (χ4v) is 3.59. The van der Waals surface area contributed by atoms with E-state index in [4.69, 9.17) is 0 Å². The molecule has 1 aromatic rings. The zero-order valence-corrected chi connectivity index (χ0v) is 12.4. The van der Waals surface area contributed by atoms with Crippen LogP contribution in [0.2, 0.25) is 0 Å². The van der Waals surface area contributed by atoms with Gasteiger partial charge in [0.15, 0.2) is 0 Å². The Balaban J connectivity index is 2.29. The molecule has 0 bridgehead atoms. The fourth-order valence-electron chi connectivity index (χ4n) is 3.59. The third kappa shape index (κ3) is 1.39. The van der Waals surface area contributed by atoms with E-state index >= 15 is 0 Å². The highest BCUT2D eigenvalue weighted by molar-refractivity contribution is 5.71. The minimum Gasteiger partial charge on any atom is -0.381 e. The quantitative estimate of drug-likeness (QED) is 0.720. The Hall–Kier alpha value is -1.24. The first-order chi connectivity index (χ1) is 8.43. The molecule has 2 aliphatic carbocycles. The normalized spacial score (nSPS) is 24.2. The van der Waals surface area contributed by atoms with Crippen LogP contribution in [0.5, 0.6) is 0 Å². The molecule has 1 nitrogen and oxygen atoms in total. The van der Waals surface area contributed by atoms with Crippen LogP contribution in [0.1, 0.15) is 45.7 Å². The van der Waals surface area contributed by atoms with Gasteiger partial charge in [-0.3, -0.25) is 0 Å². The van der Waals surface area contributed by atoms with Crippen LogP contribution in [0.15, 0.2) is 5.70 Å². The number of hydrogen-bond donors (Lipinski definition) is 0. The second-order valence-electron chi connectivity index (χ2n) is 6.24. The van der Waals surface area contributed by atoms with Crippen molar-refractivity contribution in [2.45, 2.75) is 40.0 Å². The van der Waals surface area contributed by atoms with Crippen LogP contribution in [0, 0.1) is 33.6 Å². The molecule has 0 N–H and O–H groups in total. The highest BCUT2D eigenvalue weighted by Gasteiger charge is 2.46. The first kappa shape index (κ1) is 11.8. The highest BCUT2D eigenvalue weighted by Crippen LogP contribution is 2.58. The number of hydrogen-bond acceptors (Lipinski definition) is 1. The van der Waals surface area contributed by atoms with Crippen molar-refractivity contribution in [2.24, 2.45) is 5.92 Å². The summed E-state index contributed by atoms with van der Waals surface area (Å²) in [7, 11) is 4.35. The smallest absolute Gasteiger partial charge is 0.0171 e. The van der Waals surface area contributed by atoms with Gasteiger partial charge in [0.2, 0.25) is 0 Å². The summed E-state index contributed by atoms with van der Waals surface area (Å²) in [6.07, 6.45) is 3.79. The van der Waals surface area contributed by atoms with Crippen LogP contribution >= 0.6 is 0 Å². The topological polar surface area (TPSA) is 3.24 Å². The summed E-state index contributed by atoms with van der Waals surface area (Å²) in [6, 6.07) is 0. The molecule has 1 heteroatoms. The van der Waals surface area contributed by atoms with E-state index in [9.17, 15) is 0 Å². The Morgan fingerprint density at radius 1 is 0.889 bits per heavy atom. The van der Waals surface area contributed by atoms with E-state index in [2.05, 4.69) is 52.8 Å². The average Bonchev–Trinajstić information content (AvgIpc) is 3.11. The second-order valence-corrected chi connectivity index (χ2v) is 6.24. The van der Waals surface area contributed by atoms with Crippen LogP contribution in [0.3, 0.4) is 0 Å². The van der Waals surface area contributed by atoms with Crippen molar-refractivity contribution >= 4 is 6.08 Å². The van der Waals surface area contributed by atoms with Crippen molar-refractivity contribution < 1.29 is 0 Å². The maximum Gasteiger partial charge on any atom is 0.0171 e. The SMILES string of the molecule is Cc1c(C)c(C)c2c(c1C)C=C(N(C)C)C1CC21. The molecule has 1 saturated carbocycles. The van der Waals surface area contributed by atoms with E-state index in [0.29, 0.717) is 0 Å². The lowest BCUT2D eigenvalue weighted by Gasteiger charge is -2.26. The molecule has 3 rings (SSSR count). The third-order valence-corrected chi connectivity index (χ3v) is 5.14. The van der Waals surface area contributed by atoms with Gasteiger partial charge in [-0.25, -0.2) is 0 Å². The molecule has 0 radical (unpaired) electrons. The van der Waals surface area contributed by atoms with Crippen molar-refractivity contribution in [3.8, 4) is 0 Å². The predicted molar refractivity (Wildman–Crippen MR) is 77.9 cm³/mol. The largest absolute Gasteiger partial charge is 0.381 e. The van der Waals surface area contributed by atoms with Crippen molar-refractivity contribution in [3.63, 3.8) is 0 Å². The van der Waals surface area contributed by atoms with E-state index in [1.807, 2.05) is 0 Å². The molecule has 2 atom stereocenters. The Kier molecular flexibility index (Phi) is 2.38. The molecule has 18 heavy (non-hydrogen) atoms. The average molecular weight is 241 g/mol. The fraction of sp³-hybridized carbons (Fsp3) is 0.529. The summed E-state index contributed by atoms with van der Waals surface area (Å²) in [5.74, 6) is 1.58. The van der Waals surface area contributed by atoms with Gasteiger partial charge in [0.05, 0.1) is 0 Å². The van der Waals surface area contributed by atoms with Gasteiger partial charge in [-0.05, 0) is 79.5 Å². The van der Waals surface area contributed by atoms with E-state index in [1.54, 1.807) is 5.56 Å². The van der Waals surface area contributed by atoms with Crippen molar-refractivity contribution in [1.29, 1.82) is 0 Å². The molecule has 2 aliphatic rings. The second kappa shape index (κ2) is 3.63.